The number of hydrogen-bond donors (Lipinski definition) is 1. The van der Waals surface area contributed by atoms with E-state index in [1.54, 1.807) is 0 Å². The number of benzene rings is 1. The third kappa shape index (κ3) is 5.14. The molecule has 1 aliphatic rings. The van der Waals surface area contributed by atoms with Crippen LogP contribution in [-0.2, 0) is 11.2 Å². The van der Waals surface area contributed by atoms with Crippen molar-refractivity contribution in [3.05, 3.63) is 34.9 Å². The number of carbonyl (C=O) groups is 1. The van der Waals surface area contributed by atoms with E-state index in [1.165, 1.54) is 18.4 Å². The summed E-state index contributed by atoms with van der Waals surface area (Å²) in [6.07, 6.45) is 5.70. The van der Waals surface area contributed by atoms with Gasteiger partial charge in [0.25, 0.3) is 0 Å². The van der Waals surface area contributed by atoms with Crippen molar-refractivity contribution in [2.45, 2.75) is 32.1 Å². The second-order valence-electron chi connectivity index (χ2n) is 5.35. The lowest BCUT2D eigenvalue weighted by atomic mass is 10.1. The molecule has 0 aliphatic carbocycles. The van der Waals surface area contributed by atoms with Crippen LogP contribution in [0.1, 0.15) is 31.2 Å². The van der Waals surface area contributed by atoms with E-state index in [1.807, 2.05) is 23.1 Å². The van der Waals surface area contributed by atoms with Crippen molar-refractivity contribution in [1.82, 2.24) is 10.2 Å². The zero-order valence-corrected chi connectivity index (χ0v) is 12.7. The Balaban J connectivity index is 1.66. The monoisotopic (exact) mass is 294 g/mol. The third-order valence-electron chi connectivity index (χ3n) is 3.71. The molecule has 0 unspecified atom stereocenters. The van der Waals surface area contributed by atoms with Crippen LogP contribution in [-0.4, -0.2) is 37.0 Å². The van der Waals surface area contributed by atoms with Crippen molar-refractivity contribution in [2.24, 2.45) is 0 Å². The zero-order valence-electron chi connectivity index (χ0n) is 11.9. The van der Waals surface area contributed by atoms with Gasteiger partial charge in [-0.25, -0.2) is 0 Å². The summed E-state index contributed by atoms with van der Waals surface area (Å²) >= 11 is 5.94. The predicted molar refractivity (Wildman–Crippen MR) is 83.1 cm³/mol. The molecule has 4 heteroatoms. The Labute approximate surface area is 126 Å². The molecular formula is C16H23ClN2O. The fourth-order valence-electron chi connectivity index (χ4n) is 2.55. The van der Waals surface area contributed by atoms with Gasteiger partial charge in [-0.3, -0.25) is 4.79 Å². The van der Waals surface area contributed by atoms with Gasteiger partial charge >= 0.3 is 0 Å². The largest absolute Gasteiger partial charge is 0.342 e. The number of carbonyl (C=O) groups excluding carboxylic acids is 1. The van der Waals surface area contributed by atoms with Crippen molar-refractivity contribution in [1.29, 1.82) is 0 Å². The summed E-state index contributed by atoms with van der Waals surface area (Å²) in [5, 5.41) is 4.00. The number of nitrogens with one attached hydrogen (secondary N) is 1. The Morgan fingerprint density at radius 3 is 2.65 bits per heavy atom. The molecule has 0 spiro atoms. The lowest BCUT2D eigenvalue weighted by molar-refractivity contribution is -0.130. The molecule has 2 rings (SSSR count). The van der Waals surface area contributed by atoms with Crippen LogP contribution in [0.2, 0.25) is 5.02 Å². The van der Waals surface area contributed by atoms with Crippen molar-refractivity contribution in [2.75, 3.05) is 26.2 Å². The van der Waals surface area contributed by atoms with Gasteiger partial charge in [0, 0.05) is 18.1 Å². The average molecular weight is 295 g/mol. The molecule has 110 valence electrons. The minimum absolute atomic E-state index is 0.234. The van der Waals surface area contributed by atoms with Crippen molar-refractivity contribution in [3.8, 4) is 0 Å². The molecule has 20 heavy (non-hydrogen) atoms. The van der Waals surface area contributed by atoms with E-state index in [4.69, 9.17) is 11.6 Å². The molecule has 3 nitrogen and oxygen atoms in total. The van der Waals surface area contributed by atoms with Gasteiger partial charge in [-0.05, 0) is 43.5 Å². The molecule has 0 aromatic heterocycles. The van der Waals surface area contributed by atoms with E-state index in [2.05, 4.69) is 11.4 Å². The summed E-state index contributed by atoms with van der Waals surface area (Å²) in [4.78, 5) is 14.1. The maximum absolute atomic E-state index is 12.1. The van der Waals surface area contributed by atoms with Gasteiger partial charge in [0.05, 0.1) is 6.54 Å². The minimum Gasteiger partial charge on any atom is -0.342 e. The molecule has 1 amide bonds. The van der Waals surface area contributed by atoms with Gasteiger partial charge < -0.3 is 10.2 Å². The third-order valence-corrected chi connectivity index (χ3v) is 3.95. The van der Waals surface area contributed by atoms with Crippen LogP contribution >= 0.6 is 11.6 Å². The van der Waals surface area contributed by atoms with Gasteiger partial charge in [0.1, 0.15) is 0 Å². The molecule has 0 radical (unpaired) electrons. The summed E-state index contributed by atoms with van der Waals surface area (Å²) in [5.41, 5.74) is 1.20. The Morgan fingerprint density at radius 1 is 1.20 bits per heavy atom. The number of rotatable bonds is 5. The summed E-state index contributed by atoms with van der Waals surface area (Å²) in [5.74, 6) is 0.234. The van der Waals surface area contributed by atoms with Gasteiger partial charge in [-0.2, -0.15) is 0 Å². The van der Waals surface area contributed by atoms with Crippen LogP contribution in [0.15, 0.2) is 24.3 Å². The van der Waals surface area contributed by atoms with Crippen LogP contribution < -0.4 is 5.32 Å². The molecule has 1 aromatic rings. The highest BCUT2D eigenvalue weighted by Gasteiger charge is 2.14. The van der Waals surface area contributed by atoms with Crippen LogP contribution in [0, 0.1) is 0 Å². The molecule has 1 saturated heterocycles. The Kier molecular flexibility index (Phi) is 6.34. The van der Waals surface area contributed by atoms with Crippen LogP contribution in [0.5, 0.6) is 0 Å². The Bertz CT molecular complexity index is 428. The summed E-state index contributed by atoms with van der Waals surface area (Å²) < 4.78 is 0. The number of halogens is 1. The number of nitrogens with zero attached hydrogens (tertiary/aromatic N) is 1. The first-order chi connectivity index (χ1) is 9.75. The van der Waals surface area contributed by atoms with Crippen LogP contribution in [0.25, 0.3) is 0 Å². The highest BCUT2D eigenvalue weighted by atomic mass is 35.5. The molecular weight excluding hydrogens is 272 g/mol. The maximum atomic E-state index is 12.1. The van der Waals surface area contributed by atoms with Gasteiger partial charge in [0.15, 0.2) is 0 Å². The zero-order chi connectivity index (χ0) is 14.2. The van der Waals surface area contributed by atoms with Crippen molar-refractivity contribution in [3.63, 3.8) is 0 Å². The first-order valence-corrected chi connectivity index (χ1v) is 7.86. The van der Waals surface area contributed by atoms with E-state index >= 15 is 0 Å². The molecule has 0 atom stereocenters. The van der Waals surface area contributed by atoms with Crippen molar-refractivity contribution >= 4 is 17.5 Å². The number of hydrogen-bond acceptors (Lipinski definition) is 2. The van der Waals surface area contributed by atoms with Crippen LogP contribution in [0.3, 0.4) is 0 Å². The predicted octanol–water partition coefficient (Wildman–Crippen LogP) is 2.87. The molecule has 1 fully saturated rings. The van der Waals surface area contributed by atoms with Gasteiger partial charge in [0.2, 0.25) is 5.91 Å². The highest BCUT2D eigenvalue weighted by molar-refractivity contribution is 6.30. The second kappa shape index (κ2) is 8.28. The number of likely N-dealkylation sites (tertiary alicyclic amines) is 1. The Morgan fingerprint density at radius 2 is 1.95 bits per heavy atom. The second-order valence-corrected chi connectivity index (χ2v) is 5.79. The average Bonchev–Trinajstić information content (AvgIpc) is 2.72. The van der Waals surface area contributed by atoms with E-state index in [0.29, 0.717) is 6.54 Å². The standard InChI is InChI=1S/C16H23ClN2O/c17-15-7-5-6-14(12-15)8-9-18-13-16(20)19-10-3-1-2-4-11-19/h5-7,12,18H,1-4,8-11,13H2. The van der Waals surface area contributed by atoms with Crippen LogP contribution in [0.4, 0.5) is 0 Å². The van der Waals surface area contributed by atoms with Gasteiger partial charge in [-0.15, -0.1) is 0 Å². The lowest BCUT2D eigenvalue weighted by Crippen LogP contribution is -2.39. The topological polar surface area (TPSA) is 32.3 Å². The molecule has 1 N–H and O–H groups in total. The SMILES string of the molecule is O=C(CNCCc1cccc(Cl)c1)N1CCCCCC1. The fraction of sp³-hybridized carbons (Fsp3) is 0.562. The summed E-state index contributed by atoms with van der Waals surface area (Å²) in [6.45, 7) is 3.10. The normalized spacial score (nSPS) is 15.9. The quantitative estimate of drug-likeness (QED) is 0.847. The fourth-order valence-corrected chi connectivity index (χ4v) is 2.77. The molecule has 0 saturated carbocycles. The smallest absolute Gasteiger partial charge is 0.236 e. The maximum Gasteiger partial charge on any atom is 0.236 e. The number of amides is 1. The molecule has 1 heterocycles. The minimum atomic E-state index is 0.234. The summed E-state index contributed by atoms with van der Waals surface area (Å²) in [6, 6.07) is 7.87. The van der Waals surface area contributed by atoms with E-state index in [0.717, 1.165) is 43.9 Å². The van der Waals surface area contributed by atoms with Crippen molar-refractivity contribution < 1.29 is 4.79 Å². The molecule has 1 aromatic carbocycles. The van der Waals surface area contributed by atoms with E-state index in [9.17, 15) is 4.79 Å². The van der Waals surface area contributed by atoms with E-state index < -0.39 is 0 Å². The molecule has 0 bridgehead atoms. The lowest BCUT2D eigenvalue weighted by Gasteiger charge is -2.20. The first-order valence-electron chi connectivity index (χ1n) is 7.48. The first kappa shape index (κ1) is 15.3. The Hall–Kier alpha value is -1.06. The molecule has 1 aliphatic heterocycles. The summed E-state index contributed by atoms with van der Waals surface area (Å²) in [7, 11) is 0. The van der Waals surface area contributed by atoms with Gasteiger partial charge in [-0.1, -0.05) is 36.6 Å². The van der Waals surface area contributed by atoms with E-state index in [-0.39, 0.29) is 5.91 Å². The highest BCUT2D eigenvalue weighted by Crippen LogP contribution is 2.11.